The molecule has 5 heteroatoms. The lowest BCUT2D eigenvalue weighted by molar-refractivity contribution is -0.149. The summed E-state index contributed by atoms with van der Waals surface area (Å²) in [4.78, 5) is 11.8. The Labute approximate surface area is 126 Å². The van der Waals surface area contributed by atoms with Gasteiger partial charge in [0.1, 0.15) is 5.54 Å². The maximum absolute atomic E-state index is 11.8. The molecular formula is C16H25NO4. The first-order valence-electron chi connectivity index (χ1n) is 7.07. The Balaban J connectivity index is 2.73. The second kappa shape index (κ2) is 7.31. The number of rotatable bonds is 7. The average molecular weight is 295 g/mol. The molecule has 0 amide bonds. The second-order valence-electron chi connectivity index (χ2n) is 5.42. The molecule has 1 rings (SSSR count). The van der Waals surface area contributed by atoms with E-state index in [1.165, 1.54) is 0 Å². The lowest BCUT2D eigenvalue weighted by Crippen LogP contribution is -2.49. The first-order chi connectivity index (χ1) is 9.80. The van der Waals surface area contributed by atoms with E-state index in [1.807, 2.05) is 32.0 Å². The van der Waals surface area contributed by atoms with Crippen molar-refractivity contribution in [2.75, 3.05) is 13.7 Å². The normalized spacial score (nSPS) is 15.0. The van der Waals surface area contributed by atoms with E-state index in [9.17, 15) is 4.79 Å². The maximum Gasteiger partial charge on any atom is 0.325 e. The van der Waals surface area contributed by atoms with Crippen LogP contribution in [-0.4, -0.2) is 31.3 Å². The summed E-state index contributed by atoms with van der Waals surface area (Å²) in [5, 5.41) is 0. The van der Waals surface area contributed by atoms with Gasteiger partial charge >= 0.3 is 5.97 Å². The summed E-state index contributed by atoms with van der Waals surface area (Å²) in [7, 11) is 1.60. The molecule has 1 aromatic carbocycles. The van der Waals surface area contributed by atoms with E-state index in [1.54, 1.807) is 21.0 Å². The number of ether oxygens (including phenoxy) is 3. The highest BCUT2D eigenvalue weighted by molar-refractivity contribution is 5.80. The topological polar surface area (TPSA) is 70.8 Å². The number of hydrogen-bond donors (Lipinski definition) is 1. The number of nitrogens with two attached hydrogens (primary N) is 1. The van der Waals surface area contributed by atoms with E-state index in [0.717, 1.165) is 5.56 Å². The van der Waals surface area contributed by atoms with Crippen LogP contribution in [0.3, 0.4) is 0 Å². The zero-order valence-corrected chi connectivity index (χ0v) is 13.4. The number of methoxy groups -OCH3 is 1. The van der Waals surface area contributed by atoms with Gasteiger partial charge in [-0.2, -0.15) is 0 Å². The van der Waals surface area contributed by atoms with Crippen LogP contribution in [-0.2, 0) is 9.53 Å². The van der Waals surface area contributed by atoms with Gasteiger partial charge in [-0.1, -0.05) is 6.07 Å². The highest BCUT2D eigenvalue weighted by Crippen LogP contribution is 2.29. The van der Waals surface area contributed by atoms with E-state index in [0.29, 0.717) is 24.5 Å². The number of esters is 1. The van der Waals surface area contributed by atoms with Crippen LogP contribution in [0.2, 0.25) is 0 Å². The summed E-state index contributed by atoms with van der Waals surface area (Å²) < 4.78 is 16.1. The van der Waals surface area contributed by atoms with Gasteiger partial charge in [-0.05, 0) is 45.4 Å². The molecule has 2 unspecified atom stereocenters. The molecular weight excluding hydrogens is 270 g/mol. The molecule has 2 N–H and O–H groups in total. The van der Waals surface area contributed by atoms with E-state index in [2.05, 4.69) is 0 Å². The molecule has 2 atom stereocenters. The van der Waals surface area contributed by atoms with Gasteiger partial charge in [0.25, 0.3) is 0 Å². The van der Waals surface area contributed by atoms with Gasteiger partial charge in [-0.3, -0.25) is 4.79 Å². The lowest BCUT2D eigenvalue weighted by Gasteiger charge is -2.26. The van der Waals surface area contributed by atoms with Crippen molar-refractivity contribution in [1.29, 1.82) is 0 Å². The Kier molecular flexibility index (Phi) is 6.03. The summed E-state index contributed by atoms with van der Waals surface area (Å²) in [6.45, 7) is 7.56. The highest BCUT2D eigenvalue weighted by Gasteiger charge is 2.32. The average Bonchev–Trinajstić information content (AvgIpc) is 2.40. The van der Waals surface area contributed by atoms with E-state index < -0.39 is 11.5 Å². The molecule has 0 saturated heterocycles. The van der Waals surface area contributed by atoms with Gasteiger partial charge in [0, 0.05) is 6.42 Å². The highest BCUT2D eigenvalue weighted by atomic mass is 16.5. The van der Waals surface area contributed by atoms with E-state index >= 15 is 0 Å². The summed E-state index contributed by atoms with van der Waals surface area (Å²) >= 11 is 0. The lowest BCUT2D eigenvalue weighted by atomic mass is 9.96. The van der Waals surface area contributed by atoms with Crippen molar-refractivity contribution in [1.82, 2.24) is 0 Å². The van der Waals surface area contributed by atoms with Gasteiger partial charge < -0.3 is 19.9 Å². The van der Waals surface area contributed by atoms with Crippen molar-refractivity contribution in [3.63, 3.8) is 0 Å². The summed E-state index contributed by atoms with van der Waals surface area (Å²) in [5.41, 5.74) is 6.02. The molecule has 0 bridgehead atoms. The monoisotopic (exact) mass is 295 g/mol. The van der Waals surface area contributed by atoms with Crippen LogP contribution in [0.1, 0.15) is 32.8 Å². The number of carbonyl (C=O) groups excluding carboxylic acids is 1. The minimum Gasteiger partial charge on any atom is -0.493 e. The Morgan fingerprint density at radius 1 is 1.38 bits per heavy atom. The molecule has 0 radical (unpaired) electrons. The fourth-order valence-corrected chi connectivity index (χ4v) is 2.11. The molecule has 0 aliphatic carbocycles. The summed E-state index contributed by atoms with van der Waals surface area (Å²) in [6.07, 6.45) is 0.101. The Hall–Kier alpha value is -1.75. The fraction of sp³-hybridized carbons (Fsp3) is 0.562. The van der Waals surface area contributed by atoms with Crippen molar-refractivity contribution in [2.24, 2.45) is 5.73 Å². The molecule has 5 nitrogen and oxygen atoms in total. The van der Waals surface area contributed by atoms with Crippen molar-refractivity contribution in [3.8, 4) is 11.5 Å². The standard InChI is InChI=1S/C16H25NO4/c1-6-20-15(18)16(4,17)10-12(3)21-13-8-7-11(2)9-14(13)19-5/h7-9,12H,6,10,17H2,1-5H3. The predicted octanol–water partition coefficient (Wildman–Crippen LogP) is 2.44. The quantitative estimate of drug-likeness (QED) is 0.782. The van der Waals surface area contributed by atoms with Crippen molar-refractivity contribution in [2.45, 2.75) is 45.8 Å². The fourth-order valence-electron chi connectivity index (χ4n) is 2.11. The van der Waals surface area contributed by atoms with Gasteiger partial charge in [0.15, 0.2) is 11.5 Å². The SMILES string of the molecule is CCOC(=O)C(C)(N)CC(C)Oc1ccc(C)cc1OC. The molecule has 0 saturated carbocycles. The van der Waals surface area contributed by atoms with Crippen LogP contribution in [0.15, 0.2) is 18.2 Å². The smallest absolute Gasteiger partial charge is 0.325 e. The van der Waals surface area contributed by atoms with Crippen LogP contribution in [0.5, 0.6) is 11.5 Å². The molecule has 0 heterocycles. The third-order valence-corrected chi connectivity index (χ3v) is 3.10. The molecule has 0 fully saturated rings. The van der Waals surface area contributed by atoms with Crippen LogP contribution in [0.4, 0.5) is 0 Å². The molecule has 118 valence electrons. The van der Waals surface area contributed by atoms with Crippen LogP contribution in [0, 0.1) is 6.92 Å². The first kappa shape index (κ1) is 17.3. The van der Waals surface area contributed by atoms with Crippen LogP contribution >= 0.6 is 0 Å². The minimum atomic E-state index is -1.08. The zero-order chi connectivity index (χ0) is 16.0. The molecule has 0 aliphatic heterocycles. The zero-order valence-electron chi connectivity index (χ0n) is 13.4. The Bertz CT molecular complexity index is 485. The van der Waals surface area contributed by atoms with Crippen LogP contribution in [0.25, 0.3) is 0 Å². The molecule has 0 aliphatic rings. The Morgan fingerprint density at radius 2 is 2.05 bits per heavy atom. The number of carbonyl (C=O) groups is 1. The van der Waals surface area contributed by atoms with Crippen molar-refractivity contribution < 1.29 is 19.0 Å². The van der Waals surface area contributed by atoms with E-state index in [-0.39, 0.29) is 6.10 Å². The van der Waals surface area contributed by atoms with Gasteiger partial charge in [-0.25, -0.2) is 0 Å². The van der Waals surface area contributed by atoms with Crippen molar-refractivity contribution in [3.05, 3.63) is 23.8 Å². The van der Waals surface area contributed by atoms with Gasteiger partial charge in [0.2, 0.25) is 0 Å². The predicted molar refractivity (Wildman–Crippen MR) is 81.7 cm³/mol. The third-order valence-electron chi connectivity index (χ3n) is 3.10. The molecule has 0 spiro atoms. The van der Waals surface area contributed by atoms with Crippen molar-refractivity contribution >= 4 is 5.97 Å². The minimum absolute atomic E-state index is 0.249. The van der Waals surface area contributed by atoms with Gasteiger partial charge in [-0.15, -0.1) is 0 Å². The third kappa shape index (κ3) is 4.93. The Morgan fingerprint density at radius 3 is 2.62 bits per heavy atom. The largest absolute Gasteiger partial charge is 0.493 e. The summed E-state index contributed by atoms with van der Waals surface area (Å²) in [5.74, 6) is 0.878. The molecule has 1 aromatic rings. The summed E-state index contributed by atoms with van der Waals surface area (Å²) in [6, 6.07) is 5.69. The second-order valence-corrected chi connectivity index (χ2v) is 5.42. The number of aryl methyl sites for hydroxylation is 1. The maximum atomic E-state index is 11.8. The molecule has 0 aromatic heterocycles. The first-order valence-corrected chi connectivity index (χ1v) is 7.07. The van der Waals surface area contributed by atoms with Gasteiger partial charge in [0.05, 0.1) is 19.8 Å². The molecule has 21 heavy (non-hydrogen) atoms. The number of hydrogen-bond acceptors (Lipinski definition) is 5. The number of benzene rings is 1. The van der Waals surface area contributed by atoms with Crippen LogP contribution < -0.4 is 15.2 Å². The van der Waals surface area contributed by atoms with E-state index in [4.69, 9.17) is 19.9 Å².